The first kappa shape index (κ1) is 10.1. The first-order chi connectivity index (χ1) is 7.40. The van der Waals surface area contributed by atoms with Gasteiger partial charge in [0.25, 0.3) is 0 Å². The highest BCUT2D eigenvalue weighted by atomic mass is 16.5. The fourth-order valence-electron chi connectivity index (χ4n) is 4.57. The Kier molecular flexibility index (Phi) is 2.73. The summed E-state index contributed by atoms with van der Waals surface area (Å²) in [4.78, 5) is 0. The average molecular weight is 209 g/mol. The van der Waals surface area contributed by atoms with Gasteiger partial charge in [0.1, 0.15) is 0 Å². The summed E-state index contributed by atoms with van der Waals surface area (Å²) in [5.74, 6) is 3.80. The van der Waals surface area contributed by atoms with Crippen LogP contribution in [0.3, 0.4) is 0 Å². The SMILES string of the molecule is NCCC1CCC2CCC3OCCC3C12. The summed E-state index contributed by atoms with van der Waals surface area (Å²) in [6.45, 7) is 1.90. The van der Waals surface area contributed by atoms with Gasteiger partial charge in [0.15, 0.2) is 0 Å². The van der Waals surface area contributed by atoms with Crippen LogP contribution >= 0.6 is 0 Å². The van der Waals surface area contributed by atoms with E-state index in [9.17, 15) is 0 Å². The highest BCUT2D eigenvalue weighted by molar-refractivity contribution is 4.97. The maximum absolute atomic E-state index is 5.86. The van der Waals surface area contributed by atoms with E-state index in [-0.39, 0.29) is 0 Å². The van der Waals surface area contributed by atoms with Crippen LogP contribution in [0.15, 0.2) is 0 Å². The third kappa shape index (κ3) is 1.62. The van der Waals surface area contributed by atoms with E-state index >= 15 is 0 Å². The van der Waals surface area contributed by atoms with E-state index in [4.69, 9.17) is 10.5 Å². The summed E-state index contributed by atoms with van der Waals surface area (Å²) in [5.41, 5.74) is 5.74. The maximum Gasteiger partial charge on any atom is 0.0607 e. The Bertz CT molecular complexity index is 231. The number of fused-ring (bicyclic) bond motifs is 3. The first-order valence-electron chi connectivity index (χ1n) is 6.72. The third-order valence-electron chi connectivity index (χ3n) is 5.11. The average Bonchev–Trinajstić information content (AvgIpc) is 2.83. The fourth-order valence-corrected chi connectivity index (χ4v) is 4.57. The van der Waals surface area contributed by atoms with Crippen molar-refractivity contribution in [1.82, 2.24) is 0 Å². The van der Waals surface area contributed by atoms with E-state index < -0.39 is 0 Å². The van der Waals surface area contributed by atoms with Crippen LogP contribution in [-0.4, -0.2) is 19.3 Å². The zero-order chi connectivity index (χ0) is 10.3. The molecule has 5 unspecified atom stereocenters. The molecule has 1 saturated heterocycles. The molecular weight excluding hydrogens is 186 g/mol. The molecule has 3 aliphatic rings. The number of ether oxygens (including phenoxy) is 1. The van der Waals surface area contributed by atoms with Gasteiger partial charge >= 0.3 is 0 Å². The normalized spacial score (nSPS) is 49.0. The zero-order valence-electron chi connectivity index (χ0n) is 9.53. The predicted octanol–water partition coefficient (Wildman–Crippen LogP) is 2.18. The van der Waals surface area contributed by atoms with Gasteiger partial charge in [0.05, 0.1) is 6.10 Å². The molecule has 2 nitrogen and oxygen atoms in total. The molecule has 0 aromatic heterocycles. The minimum atomic E-state index is 0.615. The third-order valence-corrected chi connectivity index (χ3v) is 5.11. The predicted molar refractivity (Wildman–Crippen MR) is 60.5 cm³/mol. The molecule has 0 bridgehead atoms. The summed E-state index contributed by atoms with van der Waals surface area (Å²) in [6, 6.07) is 0. The largest absolute Gasteiger partial charge is 0.378 e. The Labute approximate surface area is 92.6 Å². The van der Waals surface area contributed by atoms with Crippen LogP contribution in [0, 0.1) is 23.7 Å². The molecule has 0 aromatic rings. The van der Waals surface area contributed by atoms with Crippen molar-refractivity contribution in [3.63, 3.8) is 0 Å². The summed E-state index contributed by atoms with van der Waals surface area (Å²) in [6.07, 6.45) is 8.87. The van der Waals surface area contributed by atoms with Gasteiger partial charge in [0, 0.05) is 6.61 Å². The minimum absolute atomic E-state index is 0.615. The van der Waals surface area contributed by atoms with Gasteiger partial charge in [-0.25, -0.2) is 0 Å². The maximum atomic E-state index is 5.86. The minimum Gasteiger partial charge on any atom is -0.378 e. The van der Waals surface area contributed by atoms with Gasteiger partial charge in [-0.1, -0.05) is 0 Å². The Morgan fingerprint density at radius 3 is 2.80 bits per heavy atom. The van der Waals surface area contributed by atoms with E-state index in [0.29, 0.717) is 6.10 Å². The summed E-state index contributed by atoms with van der Waals surface area (Å²) < 4.78 is 5.86. The molecule has 1 aliphatic heterocycles. The van der Waals surface area contributed by atoms with Crippen molar-refractivity contribution in [2.45, 2.75) is 44.6 Å². The molecule has 1 heterocycles. The molecule has 15 heavy (non-hydrogen) atoms. The molecular formula is C13H23NO. The monoisotopic (exact) mass is 209 g/mol. The second-order valence-corrected chi connectivity index (χ2v) is 5.69. The molecule has 0 radical (unpaired) electrons. The van der Waals surface area contributed by atoms with Gasteiger partial charge in [-0.2, -0.15) is 0 Å². The summed E-state index contributed by atoms with van der Waals surface area (Å²) in [5, 5.41) is 0. The lowest BCUT2D eigenvalue weighted by molar-refractivity contribution is 0.0161. The molecule has 5 atom stereocenters. The van der Waals surface area contributed by atoms with Crippen molar-refractivity contribution in [2.24, 2.45) is 29.4 Å². The van der Waals surface area contributed by atoms with E-state index in [1.807, 2.05) is 0 Å². The van der Waals surface area contributed by atoms with Gasteiger partial charge in [-0.3, -0.25) is 0 Å². The van der Waals surface area contributed by atoms with E-state index in [2.05, 4.69) is 0 Å². The molecule has 3 rings (SSSR count). The lowest BCUT2D eigenvalue weighted by atomic mass is 9.68. The standard InChI is InChI=1S/C13H23NO/c14-7-5-10-2-1-9-3-4-12-11(13(9)10)6-8-15-12/h9-13H,1-8,14H2. The Morgan fingerprint density at radius 1 is 1.07 bits per heavy atom. The molecule has 2 aliphatic carbocycles. The van der Waals surface area contributed by atoms with Gasteiger partial charge < -0.3 is 10.5 Å². The highest BCUT2D eigenvalue weighted by Gasteiger charge is 2.48. The highest BCUT2D eigenvalue weighted by Crippen LogP contribution is 2.53. The van der Waals surface area contributed by atoms with Crippen molar-refractivity contribution in [3.8, 4) is 0 Å². The Balaban J connectivity index is 1.76. The lowest BCUT2D eigenvalue weighted by Crippen LogP contribution is -2.36. The molecule has 2 heteroatoms. The number of nitrogens with two attached hydrogens (primary N) is 1. The van der Waals surface area contributed by atoms with Gasteiger partial charge in [-0.15, -0.1) is 0 Å². The zero-order valence-corrected chi connectivity index (χ0v) is 9.53. The van der Waals surface area contributed by atoms with Crippen LogP contribution < -0.4 is 5.73 Å². The molecule has 0 spiro atoms. The quantitative estimate of drug-likeness (QED) is 0.756. The fraction of sp³-hybridized carbons (Fsp3) is 1.00. The van der Waals surface area contributed by atoms with Crippen LogP contribution in [0.1, 0.15) is 38.5 Å². The second-order valence-electron chi connectivity index (χ2n) is 5.69. The van der Waals surface area contributed by atoms with Crippen LogP contribution in [0.25, 0.3) is 0 Å². The molecule has 0 amide bonds. The van der Waals surface area contributed by atoms with Crippen LogP contribution in [-0.2, 0) is 4.74 Å². The second kappa shape index (κ2) is 4.06. The Morgan fingerprint density at radius 2 is 1.93 bits per heavy atom. The first-order valence-corrected chi connectivity index (χ1v) is 6.72. The van der Waals surface area contributed by atoms with E-state index in [0.717, 1.165) is 36.8 Å². The van der Waals surface area contributed by atoms with Crippen molar-refractivity contribution < 1.29 is 4.74 Å². The molecule has 2 saturated carbocycles. The van der Waals surface area contributed by atoms with Crippen molar-refractivity contribution in [3.05, 3.63) is 0 Å². The lowest BCUT2D eigenvalue weighted by Gasteiger charge is -2.38. The van der Waals surface area contributed by atoms with Crippen molar-refractivity contribution in [1.29, 1.82) is 0 Å². The summed E-state index contributed by atoms with van der Waals surface area (Å²) in [7, 11) is 0. The molecule has 3 fully saturated rings. The number of rotatable bonds is 2. The number of hydrogen-bond acceptors (Lipinski definition) is 2. The van der Waals surface area contributed by atoms with E-state index in [1.54, 1.807) is 0 Å². The van der Waals surface area contributed by atoms with Gasteiger partial charge in [0.2, 0.25) is 0 Å². The summed E-state index contributed by atoms with van der Waals surface area (Å²) >= 11 is 0. The van der Waals surface area contributed by atoms with Crippen molar-refractivity contribution >= 4 is 0 Å². The Hall–Kier alpha value is -0.0800. The van der Waals surface area contributed by atoms with Crippen LogP contribution in [0.5, 0.6) is 0 Å². The van der Waals surface area contributed by atoms with Crippen LogP contribution in [0.4, 0.5) is 0 Å². The smallest absolute Gasteiger partial charge is 0.0607 e. The van der Waals surface area contributed by atoms with E-state index in [1.165, 1.54) is 38.5 Å². The topological polar surface area (TPSA) is 35.2 Å². The van der Waals surface area contributed by atoms with Crippen molar-refractivity contribution in [2.75, 3.05) is 13.2 Å². The van der Waals surface area contributed by atoms with Gasteiger partial charge in [-0.05, 0) is 68.7 Å². The molecule has 86 valence electrons. The van der Waals surface area contributed by atoms with Crippen LogP contribution in [0.2, 0.25) is 0 Å². The number of hydrogen-bond donors (Lipinski definition) is 1. The molecule has 2 N–H and O–H groups in total. The molecule has 0 aromatic carbocycles.